The summed E-state index contributed by atoms with van der Waals surface area (Å²) in [6, 6.07) is 9.84. The van der Waals surface area contributed by atoms with Crippen molar-refractivity contribution in [1.29, 1.82) is 0 Å². The molecule has 1 saturated heterocycles. The van der Waals surface area contributed by atoms with E-state index in [0.29, 0.717) is 19.4 Å². The second-order valence-electron chi connectivity index (χ2n) is 7.41. The van der Waals surface area contributed by atoms with E-state index in [1.54, 1.807) is 11.3 Å². The largest absolute Gasteiger partial charge is 0.395 e. The van der Waals surface area contributed by atoms with E-state index in [1.165, 1.54) is 11.8 Å². The lowest BCUT2D eigenvalue weighted by Gasteiger charge is -2.49. The highest BCUT2D eigenvalue weighted by Crippen LogP contribution is 2.53. The van der Waals surface area contributed by atoms with Gasteiger partial charge in [-0.05, 0) is 23.8 Å². The zero-order chi connectivity index (χ0) is 21.3. The number of benzene rings is 1. The number of thioether (sulfide) groups is 1. The molecular formula is C22H24O6S2. The van der Waals surface area contributed by atoms with Gasteiger partial charge >= 0.3 is 0 Å². The average molecular weight is 449 g/mol. The molecule has 4 rings (SSSR count). The number of fused-ring (bicyclic) bond motifs is 2. The van der Waals surface area contributed by atoms with Crippen molar-refractivity contribution in [2.24, 2.45) is 0 Å². The Morgan fingerprint density at radius 3 is 2.57 bits per heavy atom. The van der Waals surface area contributed by atoms with Crippen LogP contribution in [0.4, 0.5) is 0 Å². The van der Waals surface area contributed by atoms with Gasteiger partial charge in [-0.3, -0.25) is 0 Å². The topological polar surface area (TPSA) is 110 Å². The Labute approximate surface area is 183 Å². The fourth-order valence-corrected chi connectivity index (χ4v) is 6.82. The molecule has 1 unspecified atom stereocenters. The van der Waals surface area contributed by atoms with Crippen LogP contribution >= 0.6 is 23.1 Å². The van der Waals surface area contributed by atoms with E-state index in [9.17, 15) is 20.4 Å². The number of rotatable bonds is 3. The molecule has 5 N–H and O–H groups in total. The molecule has 0 aliphatic carbocycles. The molecule has 160 valence electrons. The summed E-state index contributed by atoms with van der Waals surface area (Å²) < 4.78 is 6.01. The van der Waals surface area contributed by atoms with Gasteiger partial charge in [-0.15, -0.1) is 23.1 Å². The maximum Gasteiger partial charge on any atom is 0.169 e. The Bertz CT molecular complexity index is 945. The molecule has 0 radical (unpaired) electrons. The minimum atomic E-state index is -1.40. The molecule has 5 atom stereocenters. The lowest BCUT2D eigenvalue weighted by Crippen LogP contribution is -2.60. The third kappa shape index (κ3) is 3.93. The fraction of sp³-hybridized carbons (Fsp3) is 0.455. The standard InChI is InChI=1S/C22H24O6S2/c23-8-1-2-13-3-5-14(6-4-13)10-15-11-16-17(29-15)7-9-28-22(16)21(27)20(26)19(25)18(12-24)30-22/h3-6,11,18-21,23-27H,7-10,12H2/t18-,19-,20+,21-,22?/m1/s1. The highest BCUT2D eigenvalue weighted by atomic mass is 32.2. The highest BCUT2D eigenvalue weighted by molar-refractivity contribution is 8.00. The number of thiophene rings is 1. The van der Waals surface area contributed by atoms with Gasteiger partial charge in [0.25, 0.3) is 0 Å². The van der Waals surface area contributed by atoms with Gasteiger partial charge in [0.2, 0.25) is 0 Å². The van der Waals surface area contributed by atoms with Gasteiger partial charge < -0.3 is 30.3 Å². The lowest BCUT2D eigenvalue weighted by molar-refractivity contribution is -0.155. The van der Waals surface area contributed by atoms with Crippen LogP contribution in [0.2, 0.25) is 0 Å². The first-order valence-corrected chi connectivity index (χ1v) is 11.5. The van der Waals surface area contributed by atoms with Crippen LogP contribution in [0.15, 0.2) is 30.3 Å². The summed E-state index contributed by atoms with van der Waals surface area (Å²) in [6.45, 7) is -0.0895. The lowest BCUT2D eigenvalue weighted by atomic mass is 9.92. The number of ether oxygens (including phenoxy) is 1. The van der Waals surface area contributed by atoms with Gasteiger partial charge in [-0.2, -0.15) is 0 Å². The van der Waals surface area contributed by atoms with Gasteiger partial charge in [0.1, 0.15) is 18.8 Å². The van der Waals surface area contributed by atoms with E-state index < -0.39 is 28.5 Å². The summed E-state index contributed by atoms with van der Waals surface area (Å²) >= 11 is 2.84. The number of aliphatic hydroxyl groups is 5. The van der Waals surface area contributed by atoms with E-state index in [0.717, 1.165) is 26.4 Å². The number of hydrogen-bond donors (Lipinski definition) is 5. The second-order valence-corrected chi connectivity index (χ2v) is 10.1. The molecule has 3 heterocycles. The van der Waals surface area contributed by atoms with Crippen molar-refractivity contribution in [2.45, 2.75) is 41.3 Å². The Kier molecular flexibility index (Phi) is 6.53. The van der Waals surface area contributed by atoms with Crippen molar-refractivity contribution in [2.75, 3.05) is 19.8 Å². The van der Waals surface area contributed by atoms with Gasteiger partial charge in [0, 0.05) is 33.7 Å². The Morgan fingerprint density at radius 1 is 1.10 bits per heavy atom. The number of aliphatic hydroxyl groups excluding tert-OH is 5. The molecule has 2 aliphatic rings. The van der Waals surface area contributed by atoms with Crippen molar-refractivity contribution >= 4 is 23.1 Å². The monoisotopic (exact) mass is 448 g/mol. The SMILES string of the molecule is OCC#Cc1ccc(Cc2cc3c(s2)CCOC32S[C@H](CO)[C@@H](O)[C@H](O)[C@H]2O)cc1. The first-order chi connectivity index (χ1) is 14.5. The molecule has 2 aliphatic heterocycles. The molecular weight excluding hydrogens is 424 g/mol. The first kappa shape index (κ1) is 21.8. The van der Waals surface area contributed by atoms with Crippen LogP contribution in [0, 0.1) is 11.8 Å². The van der Waals surface area contributed by atoms with Gasteiger partial charge in [0.15, 0.2) is 4.93 Å². The molecule has 1 aromatic heterocycles. The van der Waals surface area contributed by atoms with Crippen molar-refractivity contribution in [3.8, 4) is 11.8 Å². The quantitative estimate of drug-likeness (QED) is 0.438. The van der Waals surface area contributed by atoms with Crippen molar-refractivity contribution in [3.05, 3.63) is 56.8 Å². The molecule has 6 nitrogen and oxygen atoms in total. The predicted molar refractivity (Wildman–Crippen MR) is 115 cm³/mol. The van der Waals surface area contributed by atoms with E-state index in [-0.39, 0.29) is 13.2 Å². The van der Waals surface area contributed by atoms with E-state index in [4.69, 9.17) is 9.84 Å². The molecule has 1 spiro atoms. The molecule has 0 saturated carbocycles. The van der Waals surface area contributed by atoms with Gasteiger partial charge in [-0.25, -0.2) is 0 Å². The molecule has 0 amide bonds. The smallest absolute Gasteiger partial charge is 0.169 e. The Morgan fingerprint density at radius 2 is 1.87 bits per heavy atom. The van der Waals surface area contributed by atoms with Gasteiger partial charge in [0.05, 0.1) is 24.6 Å². The van der Waals surface area contributed by atoms with E-state index in [1.807, 2.05) is 30.3 Å². The minimum absolute atomic E-state index is 0.168. The number of hydrogen-bond acceptors (Lipinski definition) is 8. The molecule has 8 heteroatoms. The zero-order valence-electron chi connectivity index (χ0n) is 16.2. The Hall–Kier alpha value is -1.41. The molecule has 1 fully saturated rings. The van der Waals surface area contributed by atoms with Crippen LogP contribution in [0.3, 0.4) is 0 Å². The summed E-state index contributed by atoms with van der Waals surface area (Å²) in [7, 11) is 0. The second kappa shape index (κ2) is 8.99. The molecule has 2 aromatic rings. The van der Waals surface area contributed by atoms with Crippen molar-refractivity contribution in [3.63, 3.8) is 0 Å². The van der Waals surface area contributed by atoms with E-state index in [2.05, 4.69) is 11.8 Å². The van der Waals surface area contributed by atoms with Crippen LogP contribution in [0.25, 0.3) is 0 Å². The first-order valence-electron chi connectivity index (χ1n) is 9.76. The molecule has 0 bridgehead atoms. The van der Waals surface area contributed by atoms with Crippen LogP contribution in [0.1, 0.15) is 26.4 Å². The summed E-state index contributed by atoms with van der Waals surface area (Å²) in [4.78, 5) is 1.000. The average Bonchev–Trinajstić information content (AvgIpc) is 3.18. The van der Waals surface area contributed by atoms with Crippen LogP contribution in [0.5, 0.6) is 0 Å². The molecule has 1 aromatic carbocycles. The minimum Gasteiger partial charge on any atom is -0.395 e. The maximum absolute atomic E-state index is 10.8. The third-order valence-electron chi connectivity index (χ3n) is 5.48. The van der Waals surface area contributed by atoms with Crippen molar-refractivity contribution < 1.29 is 30.3 Å². The van der Waals surface area contributed by atoms with Crippen LogP contribution in [-0.4, -0.2) is 68.9 Å². The van der Waals surface area contributed by atoms with Gasteiger partial charge in [-0.1, -0.05) is 24.0 Å². The van der Waals surface area contributed by atoms with Crippen LogP contribution < -0.4 is 0 Å². The zero-order valence-corrected chi connectivity index (χ0v) is 17.8. The fourth-order valence-electron chi connectivity index (χ4n) is 3.96. The summed E-state index contributed by atoms with van der Waals surface area (Å²) in [5, 5.41) is 49.2. The normalized spacial score (nSPS) is 30.6. The van der Waals surface area contributed by atoms with E-state index >= 15 is 0 Å². The van der Waals surface area contributed by atoms with Crippen molar-refractivity contribution in [1.82, 2.24) is 0 Å². The highest BCUT2D eigenvalue weighted by Gasteiger charge is 2.56. The summed E-state index contributed by atoms with van der Waals surface area (Å²) in [5.41, 5.74) is 2.77. The summed E-state index contributed by atoms with van der Waals surface area (Å²) in [6.07, 6.45) is -2.50. The molecule has 30 heavy (non-hydrogen) atoms. The summed E-state index contributed by atoms with van der Waals surface area (Å²) in [5.74, 6) is 5.51. The maximum atomic E-state index is 10.8. The predicted octanol–water partition coefficient (Wildman–Crippen LogP) is 0.599. The Balaban J connectivity index is 1.61. The van der Waals surface area contributed by atoms with Crippen LogP contribution in [-0.2, 0) is 22.5 Å². The third-order valence-corrected chi connectivity index (χ3v) is 8.33.